The molecule has 2 aromatic carbocycles. The summed E-state index contributed by atoms with van der Waals surface area (Å²) in [6.45, 7) is 4.00. The van der Waals surface area contributed by atoms with E-state index in [0.717, 1.165) is 17.5 Å². The van der Waals surface area contributed by atoms with E-state index < -0.39 is 17.7 Å². The molecule has 3 aromatic rings. The smallest absolute Gasteiger partial charge is 0.300 e. The number of carbonyl (C=O) groups excluding carboxylic acids is 2. The molecule has 30 heavy (non-hydrogen) atoms. The number of carbonyl (C=O) groups is 2. The van der Waals surface area contributed by atoms with Gasteiger partial charge in [-0.3, -0.25) is 19.5 Å². The molecule has 0 saturated carbocycles. The highest BCUT2D eigenvalue weighted by molar-refractivity contribution is 6.51. The summed E-state index contributed by atoms with van der Waals surface area (Å²) in [6, 6.07) is 17.5. The van der Waals surface area contributed by atoms with E-state index in [-0.39, 0.29) is 11.3 Å². The number of aryl methyl sites for hydroxylation is 2. The molecule has 1 aliphatic heterocycles. The van der Waals surface area contributed by atoms with Gasteiger partial charge in [-0.05, 0) is 48.7 Å². The molecule has 2 heterocycles. The standard InChI is InChI=1S/C25H22N2O3/c1-3-17-6-8-19(9-7-17)23(28)21-22(18-12-14-26-15-13-18)27(25(30)24(21)29)20-10-4-16(2)5-11-20/h4-15,22,28H,3H2,1-2H3/b23-21-. The number of Topliss-reactive ketones (excluding diaryl/α,β-unsaturated/α-hetero) is 1. The Labute approximate surface area is 175 Å². The van der Waals surface area contributed by atoms with Crippen molar-refractivity contribution in [1.82, 2.24) is 4.98 Å². The first-order valence-electron chi connectivity index (χ1n) is 9.88. The summed E-state index contributed by atoms with van der Waals surface area (Å²) >= 11 is 0. The van der Waals surface area contributed by atoms with E-state index in [9.17, 15) is 14.7 Å². The average Bonchev–Trinajstić information content (AvgIpc) is 3.05. The van der Waals surface area contributed by atoms with Crippen LogP contribution >= 0.6 is 0 Å². The third kappa shape index (κ3) is 3.39. The number of rotatable bonds is 4. The molecule has 0 spiro atoms. The van der Waals surface area contributed by atoms with Gasteiger partial charge in [-0.2, -0.15) is 0 Å². The predicted octanol–water partition coefficient (Wildman–Crippen LogP) is 4.58. The lowest BCUT2D eigenvalue weighted by atomic mass is 9.95. The third-order valence-corrected chi connectivity index (χ3v) is 5.41. The monoisotopic (exact) mass is 398 g/mol. The minimum absolute atomic E-state index is 0.0797. The van der Waals surface area contributed by atoms with Crippen LogP contribution in [0.3, 0.4) is 0 Å². The van der Waals surface area contributed by atoms with Crippen LogP contribution < -0.4 is 4.90 Å². The summed E-state index contributed by atoms with van der Waals surface area (Å²) in [4.78, 5) is 31.6. The van der Waals surface area contributed by atoms with Crippen LogP contribution in [0.1, 0.15) is 35.2 Å². The Morgan fingerprint density at radius 1 is 0.967 bits per heavy atom. The highest BCUT2D eigenvalue weighted by Gasteiger charge is 2.46. The molecule has 5 heteroatoms. The summed E-state index contributed by atoms with van der Waals surface area (Å²) in [5, 5.41) is 11.1. The minimum Gasteiger partial charge on any atom is -0.507 e. The van der Waals surface area contributed by atoms with Gasteiger partial charge >= 0.3 is 0 Å². The van der Waals surface area contributed by atoms with Crippen molar-refractivity contribution >= 4 is 23.1 Å². The molecular weight excluding hydrogens is 376 g/mol. The van der Waals surface area contributed by atoms with Crippen molar-refractivity contribution in [2.75, 3.05) is 4.90 Å². The van der Waals surface area contributed by atoms with Crippen molar-refractivity contribution < 1.29 is 14.7 Å². The molecule has 0 bridgehead atoms. The minimum atomic E-state index is -0.735. The van der Waals surface area contributed by atoms with Gasteiger partial charge in [-0.1, -0.05) is 48.9 Å². The highest BCUT2D eigenvalue weighted by Crippen LogP contribution is 2.41. The van der Waals surface area contributed by atoms with Crippen LogP contribution in [0.15, 0.2) is 78.6 Å². The third-order valence-electron chi connectivity index (χ3n) is 5.41. The maximum atomic E-state index is 13.1. The second-order valence-corrected chi connectivity index (χ2v) is 7.34. The zero-order chi connectivity index (χ0) is 21.3. The Morgan fingerprint density at radius 3 is 2.20 bits per heavy atom. The van der Waals surface area contributed by atoms with E-state index in [2.05, 4.69) is 4.98 Å². The van der Waals surface area contributed by atoms with E-state index in [1.165, 1.54) is 4.90 Å². The lowest BCUT2D eigenvalue weighted by molar-refractivity contribution is -0.132. The van der Waals surface area contributed by atoms with E-state index in [4.69, 9.17) is 0 Å². The zero-order valence-corrected chi connectivity index (χ0v) is 16.9. The predicted molar refractivity (Wildman–Crippen MR) is 116 cm³/mol. The molecule has 0 aliphatic carbocycles. The first-order valence-corrected chi connectivity index (χ1v) is 9.88. The van der Waals surface area contributed by atoms with Crippen molar-refractivity contribution in [2.24, 2.45) is 0 Å². The maximum Gasteiger partial charge on any atom is 0.300 e. The largest absolute Gasteiger partial charge is 0.507 e. The van der Waals surface area contributed by atoms with Crippen LogP contribution in [0.5, 0.6) is 0 Å². The normalized spacial score (nSPS) is 18.1. The van der Waals surface area contributed by atoms with Gasteiger partial charge in [0.2, 0.25) is 0 Å². The van der Waals surface area contributed by atoms with Gasteiger partial charge in [0, 0.05) is 23.6 Å². The Hall–Kier alpha value is -3.73. The van der Waals surface area contributed by atoms with Gasteiger partial charge in [0.1, 0.15) is 5.76 Å². The van der Waals surface area contributed by atoms with E-state index in [0.29, 0.717) is 16.8 Å². The molecule has 4 rings (SSSR count). The number of nitrogens with zero attached hydrogens (tertiary/aromatic N) is 2. The number of aliphatic hydroxyl groups is 1. The number of ketones is 1. The highest BCUT2D eigenvalue weighted by atomic mass is 16.3. The van der Waals surface area contributed by atoms with Crippen molar-refractivity contribution in [2.45, 2.75) is 26.3 Å². The number of amides is 1. The van der Waals surface area contributed by atoms with Crippen LogP contribution in [0.2, 0.25) is 0 Å². The Balaban J connectivity index is 1.90. The molecule has 0 radical (unpaired) electrons. The lowest BCUT2D eigenvalue weighted by Gasteiger charge is -2.25. The SMILES string of the molecule is CCc1ccc(/C(O)=C2/C(=O)C(=O)N(c3ccc(C)cc3)C2c2ccncc2)cc1. The summed E-state index contributed by atoms with van der Waals surface area (Å²) < 4.78 is 0. The number of aromatic nitrogens is 1. The van der Waals surface area contributed by atoms with Crippen molar-refractivity contribution in [3.63, 3.8) is 0 Å². The first kappa shape index (κ1) is 19.6. The molecule has 1 N–H and O–H groups in total. The van der Waals surface area contributed by atoms with Gasteiger partial charge in [-0.25, -0.2) is 0 Å². The molecule has 1 aromatic heterocycles. The average molecular weight is 398 g/mol. The molecule has 1 unspecified atom stereocenters. The van der Waals surface area contributed by atoms with Crippen molar-refractivity contribution in [3.05, 3.63) is 101 Å². The van der Waals surface area contributed by atoms with Crippen LogP contribution in [-0.4, -0.2) is 21.8 Å². The Bertz CT molecular complexity index is 1120. The van der Waals surface area contributed by atoms with E-state index >= 15 is 0 Å². The summed E-state index contributed by atoms with van der Waals surface area (Å²) in [5.41, 5.74) is 4.06. The number of hydrogen-bond acceptors (Lipinski definition) is 4. The van der Waals surface area contributed by atoms with Crippen molar-refractivity contribution in [3.8, 4) is 0 Å². The van der Waals surface area contributed by atoms with Crippen LogP contribution in [0.25, 0.3) is 5.76 Å². The number of benzene rings is 2. The number of anilines is 1. The van der Waals surface area contributed by atoms with Gasteiger partial charge in [0.05, 0.1) is 11.6 Å². The molecule has 1 atom stereocenters. The second kappa shape index (κ2) is 7.95. The molecule has 1 amide bonds. The molecular formula is C25H22N2O3. The van der Waals surface area contributed by atoms with Crippen LogP contribution in [-0.2, 0) is 16.0 Å². The van der Waals surface area contributed by atoms with Gasteiger partial charge < -0.3 is 5.11 Å². The lowest BCUT2D eigenvalue weighted by Crippen LogP contribution is -2.29. The molecule has 1 saturated heterocycles. The summed E-state index contributed by atoms with van der Waals surface area (Å²) in [7, 11) is 0. The number of hydrogen-bond donors (Lipinski definition) is 1. The van der Waals surface area contributed by atoms with E-state index in [1.54, 1.807) is 36.7 Å². The van der Waals surface area contributed by atoms with Crippen LogP contribution in [0.4, 0.5) is 5.69 Å². The van der Waals surface area contributed by atoms with E-state index in [1.807, 2.05) is 50.2 Å². The molecule has 150 valence electrons. The van der Waals surface area contributed by atoms with Gasteiger partial charge in [0.15, 0.2) is 0 Å². The fraction of sp³-hybridized carbons (Fsp3) is 0.160. The summed E-state index contributed by atoms with van der Waals surface area (Å²) in [5.74, 6) is -1.53. The van der Waals surface area contributed by atoms with Gasteiger partial charge in [0.25, 0.3) is 11.7 Å². The quantitative estimate of drug-likeness (QED) is 0.397. The summed E-state index contributed by atoms with van der Waals surface area (Å²) in [6.07, 6.45) is 4.09. The Morgan fingerprint density at radius 2 is 1.60 bits per heavy atom. The fourth-order valence-corrected chi connectivity index (χ4v) is 3.72. The molecule has 5 nitrogen and oxygen atoms in total. The number of aliphatic hydroxyl groups excluding tert-OH is 1. The maximum absolute atomic E-state index is 13.1. The Kier molecular flexibility index (Phi) is 5.19. The second-order valence-electron chi connectivity index (χ2n) is 7.34. The van der Waals surface area contributed by atoms with Crippen LogP contribution in [0, 0.1) is 6.92 Å². The van der Waals surface area contributed by atoms with Crippen molar-refractivity contribution in [1.29, 1.82) is 0 Å². The topological polar surface area (TPSA) is 70.5 Å². The number of pyridine rings is 1. The van der Waals surface area contributed by atoms with Gasteiger partial charge in [-0.15, -0.1) is 0 Å². The first-order chi connectivity index (χ1) is 14.5. The zero-order valence-electron chi connectivity index (χ0n) is 16.9. The molecule has 1 fully saturated rings. The fourth-order valence-electron chi connectivity index (χ4n) is 3.72. The molecule has 1 aliphatic rings.